The van der Waals surface area contributed by atoms with Crippen molar-refractivity contribution < 1.29 is 24.2 Å². The van der Waals surface area contributed by atoms with Gasteiger partial charge in [-0.1, -0.05) is 30.0 Å². The zero-order chi connectivity index (χ0) is 22.0. The van der Waals surface area contributed by atoms with Gasteiger partial charge in [0.2, 0.25) is 5.91 Å². The van der Waals surface area contributed by atoms with Gasteiger partial charge in [0, 0.05) is 4.88 Å². The van der Waals surface area contributed by atoms with Crippen LogP contribution in [0.4, 0.5) is 10.7 Å². The first kappa shape index (κ1) is 21.6. The first-order valence-corrected chi connectivity index (χ1v) is 11.9. The maximum atomic E-state index is 13.0. The Balaban J connectivity index is 1.80. The van der Waals surface area contributed by atoms with Crippen LogP contribution in [-0.4, -0.2) is 40.0 Å². The molecular formula is C22H22N2O5S2. The van der Waals surface area contributed by atoms with E-state index < -0.39 is 17.2 Å². The predicted octanol–water partition coefficient (Wildman–Crippen LogP) is 4.41. The minimum absolute atomic E-state index is 0.267. The van der Waals surface area contributed by atoms with Crippen LogP contribution in [0.1, 0.15) is 47.0 Å². The molecule has 1 N–H and O–H groups in total. The molecular weight excluding hydrogens is 436 g/mol. The molecule has 4 rings (SSSR count). The van der Waals surface area contributed by atoms with E-state index in [2.05, 4.69) is 0 Å². The van der Waals surface area contributed by atoms with Crippen molar-refractivity contribution in [2.75, 3.05) is 11.5 Å². The Morgan fingerprint density at radius 1 is 1.23 bits per heavy atom. The zero-order valence-electron chi connectivity index (χ0n) is 17.0. The van der Waals surface area contributed by atoms with Crippen molar-refractivity contribution >= 4 is 56.8 Å². The van der Waals surface area contributed by atoms with E-state index in [0.717, 1.165) is 47.9 Å². The highest BCUT2D eigenvalue weighted by Crippen LogP contribution is 2.43. The third-order valence-electron chi connectivity index (χ3n) is 5.14. The first-order chi connectivity index (χ1) is 15.0. The fourth-order valence-electron chi connectivity index (χ4n) is 3.78. The summed E-state index contributed by atoms with van der Waals surface area (Å²) < 4.78 is 5.30. The molecule has 2 aromatic rings. The molecule has 2 heterocycles. The average Bonchev–Trinajstić information content (AvgIpc) is 3.25. The Kier molecular flexibility index (Phi) is 6.43. The fraction of sp³-hybridized carbons (Fsp3) is 0.364. The Morgan fingerprint density at radius 3 is 2.68 bits per heavy atom. The van der Waals surface area contributed by atoms with E-state index in [-0.39, 0.29) is 18.9 Å². The lowest BCUT2D eigenvalue weighted by Crippen LogP contribution is -2.32. The highest BCUT2D eigenvalue weighted by Gasteiger charge is 2.40. The molecule has 1 aliphatic carbocycles. The molecule has 0 radical (unpaired) electrons. The summed E-state index contributed by atoms with van der Waals surface area (Å²) in [4.78, 5) is 44.4. The average molecular weight is 459 g/mol. The molecule has 31 heavy (non-hydrogen) atoms. The Morgan fingerprint density at radius 2 is 1.97 bits per heavy atom. The van der Waals surface area contributed by atoms with Crippen LogP contribution in [0.3, 0.4) is 0 Å². The number of thioether (sulfide) groups is 1. The lowest BCUT2D eigenvalue weighted by Gasteiger charge is -2.16. The number of carboxylic acid groups (broad SMARTS) is 1. The molecule has 0 unspecified atom stereocenters. The standard InChI is InChI=1S/C22H22N2O5S2/c1-2-29-21(28)18-14-10-6-7-11-15(14)30-19(18)23-22-24(13-8-4-3-5-9-13)20(27)16(31-22)12-17(25)26/h3-5,8-9,16H,2,6-7,10-12H2,1H3,(H,25,26)/t16-/m0/s1. The van der Waals surface area contributed by atoms with Gasteiger partial charge >= 0.3 is 11.9 Å². The van der Waals surface area contributed by atoms with Gasteiger partial charge < -0.3 is 9.84 Å². The molecule has 1 aromatic heterocycles. The van der Waals surface area contributed by atoms with Gasteiger partial charge in [0.1, 0.15) is 10.3 Å². The highest BCUT2D eigenvalue weighted by molar-refractivity contribution is 8.16. The maximum Gasteiger partial charge on any atom is 0.341 e. The number of anilines is 1. The number of para-hydroxylation sites is 1. The summed E-state index contributed by atoms with van der Waals surface area (Å²) in [6.45, 7) is 2.03. The van der Waals surface area contributed by atoms with Crippen LogP contribution in [0.15, 0.2) is 35.3 Å². The van der Waals surface area contributed by atoms with Gasteiger partial charge in [-0.15, -0.1) is 11.3 Å². The van der Waals surface area contributed by atoms with Crippen molar-refractivity contribution in [2.24, 2.45) is 4.99 Å². The van der Waals surface area contributed by atoms with Gasteiger partial charge in [0.25, 0.3) is 0 Å². The Labute approximate surface area is 188 Å². The maximum absolute atomic E-state index is 13.0. The zero-order valence-corrected chi connectivity index (χ0v) is 18.6. The molecule has 0 bridgehead atoms. The number of esters is 1. The summed E-state index contributed by atoms with van der Waals surface area (Å²) >= 11 is 2.59. The van der Waals surface area contributed by atoms with E-state index >= 15 is 0 Å². The fourth-order valence-corrected chi connectivity index (χ4v) is 6.22. The van der Waals surface area contributed by atoms with Gasteiger partial charge in [-0.05, 0) is 50.3 Å². The van der Waals surface area contributed by atoms with E-state index in [1.54, 1.807) is 19.1 Å². The van der Waals surface area contributed by atoms with Gasteiger partial charge in [-0.3, -0.25) is 14.5 Å². The first-order valence-electron chi connectivity index (χ1n) is 10.2. The molecule has 1 aliphatic heterocycles. The van der Waals surface area contributed by atoms with E-state index in [4.69, 9.17) is 9.73 Å². The van der Waals surface area contributed by atoms with Crippen molar-refractivity contribution in [1.82, 2.24) is 0 Å². The highest BCUT2D eigenvalue weighted by atomic mass is 32.2. The third kappa shape index (κ3) is 4.38. The second-order valence-corrected chi connectivity index (χ2v) is 9.47. The van der Waals surface area contributed by atoms with E-state index in [1.807, 2.05) is 18.2 Å². The van der Waals surface area contributed by atoms with Crippen LogP contribution in [0.25, 0.3) is 0 Å². The smallest absolute Gasteiger partial charge is 0.341 e. The van der Waals surface area contributed by atoms with Crippen LogP contribution in [0.5, 0.6) is 0 Å². The number of amides is 1. The van der Waals surface area contributed by atoms with Crippen molar-refractivity contribution in [3.63, 3.8) is 0 Å². The number of rotatable bonds is 6. The van der Waals surface area contributed by atoms with Crippen LogP contribution in [0.2, 0.25) is 0 Å². The monoisotopic (exact) mass is 458 g/mol. The normalized spacial score (nSPS) is 19.5. The van der Waals surface area contributed by atoms with Crippen molar-refractivity contribution in [3.05, 3.63) is 46.3 Å². The second-order valence-electron chi connectivity index (χ2n) is 7.22. The summed E-state index contributed by atoms with van der Waals surface area (Å²) in [7, 11) is 0. The molecule has 1 saturated heterocycles. The summed E-state index contributed by atoms with van der Waals surface area (Å²) in [5, 5.41) is 9.37. The van der Waals surface area contributed by atoms with E-state index in [9.17, 15) is 19.5 Å². The molecule has 2 aliphatic rings. The molecule has 1 fully saturated rings. The number of carbonyl (C=O) groups excluding carboxylic acids is 2. The number of hydrogen-bond acceptors (Lipinski definition) is 7. The molecule has 0 saturated carbocycles. The summed E-state index contributed by atoms with van der Waals surface area (Å²) in [5.74, 6) is -1.76. The van der Waals surface area contributed by atoms with Gasteiger partial charge in [-0.25, -0.2) is 9.79 Å². The Bertz CT molecular complexity index is 1050. The summed E-state index contributed by atoms with van der Waals surface area (Å²) in [6, 6.07) is 9.02. The van der Waals surface area contributed by atoms with Crippen molar-refractivity contribution in [2.45, 2.75) is 44.3 Å². The lowest BCUT2D eigenvalue weighted by atomic mass is 9.95. The summed E-state index contributed by atoms with van der Waals surface area (Å²) in [6.07, 6.45) is 3.48. The number of aliphatic imine (C=N–C) groups is 1. The second kappa shape index (κ2) is 9.23. The Hall–Kier alpha value is -2.65. The van der Waals surface area contributed by atoms with Crippen molar-refractivity contribution in [1.29, 1.82) is 0 Å². The number of aryl methyl sites for hydroxylation is 1. The molecule has 0 spiro atoms. The molecule has 1 amide bonds. The molecule has 7 nitrogen and oxygen atoms in total. The van der Waals surface area contributed by atoms with Gasteiger partial charge in [0.05, 0.1) is 24.3 Å². The van der Waals surface area contributed by atoms with Crippen LogP contribution in [-0.2, 0) is 27.2 Å². The summed E-state index contributed by atoms with van der Waals surface area (Å²) in [5.41, 5.74) is 2.10. The van der Waals surface area contributed by atoms with E-state index in [1.165, 1.54) is 16.2 Å². The van der Waals surface area contributed by atoms with Crippen LogP contribution >= 0.6 is 23.1 Å². The third-order valence-corrected chi connectivity index (χ3v) is 7.46. The minimum atomic E-state index is -1.04. The largest absolute Gasteiger partial charge is 0.481 e. The number of benzene rings is 1. The SMILES string of the molecule is CCOC(=O)c1c(N=C2S[C@@H](CC(=O)O)C(=O)N2c2ccccc2)sc2c1CCCC2. The van der Waals surface area contributed by atoms with Gasteiger partial charge in [0.15, 0.2) is 5.17 Å². The lowest BCUT2D eigenvalue weighted by molar-refractivity contribution is -0.138. The molecule has 1 aromatic carbocycles. The number of fused-ring (bicyclic) bond motifs is 1. The predicted molar refractivity (Wildman–Crippen MR) is 122 cm³/mol. The molecule has 1 atom stereocenters. The number of amidine groups is 1. The number of carbonyl (C=O) groups is 3. The number of thiophene rings is 1. The number of aliphatic carboxylic acids is 1. The van der Waals surface area contributed by atoms with E-state index in [0.29, 0.717) is 21.4 Å². The number of ether oxygens (including phenoxy) is 1. The topological polar surface area (TPSA) is 96.3 Å². The van der Waals surface area contributed by atoms with Crippen LogP contribution in [0, 0.1) is 0 Å². The number of carboxylic acids is 1. The molecule has 9 heteroatoms. The molecule has 162 valence electrons. The quantitative estimate of drug-likeness (QED) is 0.644. The number of hydrogen-bond donors (Lipinski definition) is 1. The van der Waals surface area contributed by atoms with Gasteiger partial charge in [-0.2, -0.15) is 0 Å². The minimum Gasteiger partial charge on any atom is -0.481 e. The van der Waals surface area contributed by atoms with Crippen LogP contribution < -0.4 is 4.90 Å². The van der Waals surface area contributed by atoms with Crippen molar-refractivity contribution in [3.8, 4) is 0 Å². The number of nitrogens with zero attached hydrogens (tertiary/aromatic N) is 2.